The predicted octanol–water partition coefficient (Wildman–Crippen LogP) is 6.49. The molecule has 165 valence electrons. The number of hydrogen-bond donors (Lipinski definition) is 1. The molecular weight excluding hydrogens is 354 g/mol. The number of aliphatic carboxylic acids is 1. The van der Waals surface area contributed by atoms with Crippen molar-refractivity contribution in [3.8, 4) is 0 Å². The van der Waals surface area contributed by atoms with E-state index in [4.69, 9.17) is 9.84 Å². The highest BCUT2D eigenvalue weighted by atomic mass is 16.6. The van der Waals surface area contributed by atoms with E-state index in [1.807, 2.05) is 13.8 Å². The third-order valence-corrected chi connectivity index (χ3v) is 6.18. The monoisotopic (exact) mass is 398 g/mol. The lowest BCUT2D eigenvalue weighted by atomic mass is 9.93. The number of carboxylic acid groups (broad SMARTS) is 1. The molecule has 0 spiro atoms. The van der Waals surface area contributed by atoms with Gasteiger partial charge in [-0.3, -0.25) is 4.79 Å². The van der Waals surface area contributed by atoms with Crippen LogP contribution in [0.2, 0.25) is 0 Å². The molecule has 1 saturated heterocycles. The van der Waals surface area contributed by atoms with E-state index in [0.29, 0.717) is 6.42 Å². The molecule has 1 unspecified atom stereocenters. The third kappa shape index (κ3) is 11.4. The first-order chi connectivity index (χ1) is 13.4. The van der Waals surface area contributed by atoms with Gasteiger partial charge < -0.3 is 9.84 Å². The van der Waals surface area contributed by atoms with Crippen molar-refractivity contribution in [1.82, 2.24) is 5.06 Å². The largest absolute Gasteiger partial charge is 0.481 e. The molecule has 0 aromatic carbocycles. The number of rotatable bonds is 18. The Bertz CT molecular complexity index is 400. The van der Waals surface area contributed by atoms with Crippen LogP contribution >= 0.6 is 0 Å². The molecule has 1 radical (unpaired) electrons. The number of hydroxylamine groups is 2. The standard InChI is InChI=1S/C23H44NO4/c1-23(2)21(28-20-24(23)27)18-16-14-12-10-8-6-4-3-5-7-9-11-13-15-17-19-22(25)26/h21H,3-20H2,1-2H3,(H,25,26). The van der Waals surface area contributed by atoms with Crippen LogP contribution in [0.1, 0.15) is 123 Å². The summed E-state index contributed by atoms with van der Waals surface area (Å²) in [5.74, 6) is -0.667. The molecule has 0 aromatic rings. The van der Waals surface area contributed by atoms with Crippen LogP contribution in [-0.4, -0.2) is 34.5 Å². The highest BCUT2D eigenvalue weighted by molar-refractivity contribution is 5.66. The van der Waals surface area contributed by atoms with Crippen molar-refractivity contribution < 1.29 is 19.8 Å². The third-order valence-electron chi connectivity index (χ3n) is 6.18. The fraction of sp³-hybridized carbons (Fsp3) is 0.957. The summed E-state index contributed by atoms with van der Waals surface area (Å²) in [5, 5.41) is 21.3. The molecule has 0 bridgehead atoms. The molecule has 1 heterocycles. The van der Waals surface area contributed by atoms with E-state index < -0.39 is 5.97 Å². The topological polar surface area (TPSA) is 69.7 Å². The zero-order valence-corrected chi connectivity index (χ0v) is 18.4. The minimum absolute atomic E-state index is 0.0924. The molecule has 1 rings (SSSR count). The van der Waals surface area contributed by atoms with Gasteiger partial charge in [-0.15, -0.1) is 10.3 Å². The summed E-state index contributed by atoms with van der Waals surface area (Å²) in [5.41, 5.74) is -0.361. The number of carbonyl (C=O) groups is 1. The number of ether oxygens (including phenoxy) is 1. The summed E-state index contributed by atoms with van der Waals surface area (Å²) in [6.45, 7) is 4.20. The fourth-order valence-corrected chi connectivity index (χ4v) is 4.03. The van der Waals surface area contributed by atoms with Gasteiger partial charge in [0.25, 0.3) is 0 Å². The second-order valence-corrected chi connectivity index (χ2v) is 9.05. The molecule has 1 N–H and O–H groups in total. The molecule has 0 aromatic heterocycles. The molecule has 5 nitrogen and oxygen atoms in total. The maximum atomic E-state index is 11.7. The Hall–Kier alpha value is -0.650. The molecule has 1 aliphatic heterocycles. The van der Waals surface area contributed by atoms with E-state index in [1.165, 1.54) is 77.0 Å². The second-order valence-electron chi connectivity index (χ2n) is 9.05. The van der Waals surface area contributed by atoms with Crippen LogP contribution in [0.25, 0.3) is 0 Å². The molecule has 0 saturated carbocycles. The molecule has 0 aliphatic carbocycles. The summed E-state index contributed by atoms with van der Waals surface area (Å²) in [4.78, 5) is 10.4. The van der Waals surface area contributed by atoms with Gasteiger partial charge >= 0.3 is 5.97 Å². The Labute approximate surface area is 172 Å². The van der Waals surface area contributed by atoms with Gasteiger partial charge in [-0.2, -0.15) is 0 Å². The zero-order valence-electron chi connectivity index (χ0n) is 18.4. The Kier molecular flexibility index (Phi) is 13.8. The molecule has 28 heavy (non-hydrogen) atoms. The summed E-state index contributed by atoms with van der Waals surface area (Å²) in [6, 6.07) is 0. The number of unbranched alkanes of at least 4 members (excludes halogenated alkanes) is 14. The van der Waals surface area contributed by atoms with Crippen molar-refractivity contribution >= 4 is 5.97 Å². The quantitative estimate of drug-likeness (QED) is 0.268. The second kappa shape index (κ2) is 15.2. The minimum Gasteiger partial charge on any atom is -0.481 e. The van der Waals surface area contributed by atoms with Crippen LogP contribution in [0.15, 0.2) is 0 Å². The molecular formula is C23H44NO4. The minimum atomic E-state index is -0.667. The van der Waals surface area contributed by atoms with Gasteiger partial charge in [0.2, 0.25) is 0 Å². The number of nitrogens with zero attached hydrogens (tertiary/aromatic N) is 1. The number of hydrogen-bond acceptors (Lipinski definition) is 3. The molecule has 5 heteroatoms. The van der Waals surface area contributed by atoms with Crippen LogP contribution in [0.5, 0.6) is 0 Å². The van der Waals surface area contributed by atoms with Crippen molar-refractivity contribution in [3.63, 3.8) is 0 Å². The molecule has 1 aliphatic rings. The van der Waals surface area contributed by atoms with Crippen molar-refractivity contribution in [2.75, 3.05) is 6.73 Å². The van der Waals surface area contributed by atoms with E-state index in [2.05, 4.69) is 0 Å². The smallest absolute Gasteiger partial charge is 0.303 e. The maximum absolute atomic E-state index is 11.7. The Morgan fingerprint density at radius 3 is 1.57 bits per heavy atom. The summed E-state index contributed by atoms with van der Waals surface area (Å²) < 4.78 is 5.61. The average Bonchev–Trinajstić information content (AvgIpc) is 2.90. The predicted molar refractivity (Wildman–Crippen MR) is 112 cm³/mol. The molecule has 0 amide bonds. The van der Waals surface area contributed by atoms with Crippen molar-refractivity contribution in [2.45, 2.75) is 135 Å². The van der Waals surface area contributed by atoms with Crippen LogP contribution in [0, 0.1) is 0 Å². The van der Waals surface area contributed by atoms with Crippen LogP contribution in [-0.2, 0) is 14.7 Å². The van der Waals surface area contributed by atoms with E-state index in [1.54, 1.807) is 0 Å². The van der Waals surface area contributed by atoms with Gasteiger partial charge in [0.05, 0.1) is 11.6 Å². The number of carboxylic acids is 1. The van der Waals surface area contributed by atoms with Crippen LogP contribution in [0.3, 0.4) is 0 Å². The van der Waals surface area contributed by atoms with Crippen molar-refractivity contribution in [3.05, 3.63) is 0 Å². The summed E-state index contributed by atoms with van der Waals surface area (Å²) in [7, 11) is 0. The van der Waals surface area contributed by atoms with E-state index in [9.17, 15) is 10.0 Å². The van der Waals surface area contributed by atoms with Crippen LogP contribution < -0.4 is 0 Å². The zero-order chi connectivity index (χ0) is 20.7. The Balaban J connectivity index is 1.75. The van der Waals surface area contributed by atoms with Gasteiger partial charge in [-0.25, -0.2) is 0 Å². The van der Waals surface area contributed by atoms with Gasteiger partial charge in [-0.1, -0.05) is 89.9 Å². The molecule has 1 atom stereocenters. The fourth-order valence-electron chi connectivity index (χ4n) is 4.03. The Morgan fingerprint density at radius 1 is 0.821 bits per heavy atom. The van der Waals surface area contributed by atoms with E-state index in [0.717, 1.165) is 30.7 Å². The highest BCUT2D eigenvalue weighted by Gasteiger charge is 2.42. The highest BCUT2D eigenvalue weighted by Crippen LogP contribution is 2.30. The summed E-state index contributed by atoms with van der Waals surface area (Å²) >= 11 is 0. The van der Waals surface area contributed by atoms with E-state index >= 15 is 0 Å². The lowest BCUT2D eigenvalue weighted by Crippen LogP contribution is -2.42. The summed E-state index contributed by atoms with van der Waals surface area (Å²) in [6.07, 6.45) is 20.2. The molecule has 1 fully saturated rings. The first-order valence-electron chi connectivity index (χ1n) is 11.7. The maximum Gasteiger partial charge on any atom is 0.303 e. The van der Waals surface area contributed by atoms with Crippen LogP contribution in [0.4, 0.5) is 0 Å². The average molecular weight is 399 g/mol. The SMILES string of the molecule is CC1(C)C(CCCCCCCCCCCCCCCCCC(=O)O)OCN1[O]. The lowest BCUT2D eigenvalue weighted by molar-refractivity contribution is -0.205. The van der Waals surface area contributed by atoms with Gasteiger partial charge in [0.15, 0.2) is 0 Å². The first kappa shape index (κ1) is 25.4. The van der Waals surface area contributed by atoms with Gasteiger partial charge in [0, 0.05) is 6.42 Å². The normalized spacial score (nSPS) is 19.3. The Morgan fingerprint density at radius 2 is 1.21 bits per heavy atom. The van der Waals surface area contributed by atoms with Gasteiger partial charge in [0.1, 0.15) is 6.73 Å². The van der Waals surface area contributed by atoms with Crippen molar-refractivity contribution in [1.29, 1.82) is 0 Å². The lowest BCUT2D eigenvalue weighted by Gasteiger charge is -2.27. The first-order valence-corrected chi connectivity index (χ1v) is 11.7. The van der Waals surface area contributed by atoms with Gasteiger partial charge in [-0.05, 0) is 26.7 Å². The van der Waals surface area contributed by atoms with E-state index in [-0.39, 0.29) is 18.4 Å². The van der Waals surface area contributed by atoms with Crippen molar-refractivity contribution in [2.24, 2.45) is 0 Å².